The highest BCUT2D eigenvalue weighted by Gasteiger charge is 2.24. The number of benzene rings is 3. The highest BCUT2D eigenvalue weighted by molar-refractivity contribution is 6.20. The van der Waals surface area contributed by atoms with Crippen molar-refractivity contribution in [3.05, 3.63) is 71.8 Å². The zero-order valence-electron chi connectivity index (χ0n) is 17.8. The summed E-state index contributed by atoms with van der Waals surface area (Å²) in [4.78, 5) is 17.2. The fourth-order valence-electron chi connectivity index (χ4n) is 3.72. The molecule has 0 radical (unpaired) electrons. The van der Waals surface area contributed by atoms with E-state index in [0.29, 0.717) is 34.1 Å². The van der Waals surface area contributed by atoms with Crippen LogP contribution in [-0.4, -0.2) is 39.2 Å². The molecule has 0 spiro atoms. The van der Waals surface area contributed by atoms with E-state index in [1.54, 1.807) is 19.2 Å². The van der Waals surface area contributed by atoms with E-state index < -0.39 is 0 Å². The van der Waals surface area contributed by atoms with E-state index in [1.165, 1.54) is 21.3 Å². The largest absolute Gasteiger partial charge is 0.497 e. The zero-order valence-corrected chi connectivity index (χ0v) is 17.8. The van der Waals surface area contributed by atoms with Gasteiger partial charge in [-0.25, -0.2) is 0 Å². The predicted molar refractivity (Wildman–Crippen MR) is 120 cm³/mol. The van der Waals surface area contributed by atoms with Crippen LogP contribution in [0.1, 0.15) is 15.9 Å². The lowest BCUT2D eigenvalue weighted by atomic mass is 9.96. The molecule has 158 valence electrons. The summed E-state index contributed by atoms with van der Waals surface area (Å²) in [7, 11) is 6.20. The van der Waals surface area contributed by atoms with Crippen molar-refractivity contribution in [2.45, 2.75) is 0 Å². The first-order valence-corrected chi connectivity index (χ1v) is 9.71. The summed E-state index contributed by atoms with van der Waals surface area (Å²) in [5, 5.41) is 0.804. The van der Waals surface area contributed by atoms with E-state index in [4.69, 9.17) is 18.9 Å². The molecule has 0 aliphatic carbocycles. The van der Waals surface area contributed by atoms with Crippen molar-refractivity contribution in [2.75, 3.05) is 28.4 Å². The monoisotopic (exact) mass is 417 g/mol. The van der Waals surface area contributed by atoms with Crippen molar-refractivity contribution < 1.29 is 23.7 Å². The van der Waals surface area contributed by atoms with Gasteiger partial charge in [0, 0.05) is 17.0 Å². The standard InChI is InChI=1S/C25H23NO5/c1-28-17-10-11-18-19(14-17)26-23(15-8-6-5-7-9-15)22(18)24(27)16-12-20(29-2)25(31-4)21(13-16)30-3/h5-14,26H,1-4H3. The second kappa shape index (κ2) is 8.44. The molecule has 4 rings (SSSR count). The van der Waals surface area contributed by atoms with E-state index in [1.807, 2.05) is 48.5 Å². The Morgan fingerprint density at radius 1 is 0.774 bits per heavy atom. The van der Waals surface area contributed by atoms with Crippen molar-refractivity contribution in [3.63, 3.8) is 0 Å². The number of methoxy groups -OCH3 is 4. The summed E-state index contributed by atoms with van der Waals surface area (Å²) in [5.74, 6) is 1.84. The average molecular weight is 417 g/mol. The minimum atomic E-state index is -0.158. The topological polar surface area (TPSA) is 69.8 Å². The molecule has 3 aromatic carbocycles. The van der Waals surface area contributed by atoms with Crippen molar-refractivity contribution >= 4 is 16.7 Å². The van der Waals surface area contributed by atoms with Gasteiger partial charge in [-0.05, 0) is 29.8 Å². The first-order valence-electron chi connectivity index (χ1n) is 9.71. The lowest BCUT2D eigenvalue weighted by molar-refractivity contribution is 0.104. The second-order valence-electron chi connectivity index (χ2n) is 6.90. The van der Waals surface area contributed by atoms with Crippen LogP contribution in [0, 0.1) is 0 Å². The summed E-state index contributed by atoms with van der Waals surface area (Å²) in [6.07, 6.45) is 0. The van der Waals surface area contributed by atoms with Crippen LogP contribution in [0.3, 0.4) is 0 Å². The number of aromatic amines is 1. The smallest absolute Gasteiger partial charge is 0.203 e. The van der Waals surface area contributed by atoms with Gasteiger partial charge < -0.3 is 23.9 Å². The van der Waals surface area contributed by atoms with Crippen LogP contribution in [0.4, 0.5) is 0 Å². The lowest BCUT2D eigenvalue weighted by Crippen LogP contribution is -2.05. The number of rotatable bonds is 7. The summed E-state index contributed by atoms with van der Waals surface area (Å²) in [6, 6.07) is 18.7. The van der Waals surface area contributed by atoms with Gasteiger partial charge in [0.2, 0.25) is 5.75 Å². The molecule has 1 N–H and O–H groups in total. The van der Waals surface area contributed by atoms with E-state index in [2.05, 4.69) is 4.98 Å². The molecule has 0 aliphatic rings. The third kappa shape index (κ3) is 3.57. The van der Waals surface area contributed by atoms with E-state index in [0.717, 1.165) is 22.2 Å². The number of carbonyl (C=O) groups excluding carboxylic acids is 1. The molecule has 0 unspecified atom stereocenters. The predicted octanol–water partition coefficient (Wildman–Crippen LogP) is 5.10. The van der Waals surface area contributed by atoms with Crippen molar-refractivity contribution in [1.29, 1.82) is 0 Å². The molecule has 0 aliphatic heterocycles. The van der Waals surface area contributed by atoms with Crippen LogP contribution in [0.5, 0.6) is 23.0 Å². The minimum Gasteiger partial charge on any atom is -0.497 e. The normalized spacial score (nSPS) is 10.7. The first-order chi connectivity index (χ1) is 15.1. The SMILES string of the molecule is COc1ccc2c(C(=O)c3cc(OC)c(OC)c(OC)c3)c(-c3ccccc3)[nH]c2c1. The van der Waals surface area contributed by atoms with Gasteiger partial charge >= 0.3 is 0 Å². The number of carbonyl (C=O) groups is 1. The Labute approximate surface area is 180 Å². The zero-order chi connectivity index (χ0) is 22.0. The van der Waals surface area contributed by atoms with Gasteiger partial charge in [-0.15, -0.1) is 0 Å². The van der Waals surface area contributed by atoms with Crippen LogP contribution in [0.15, 0.2) is 60.7 Å². The number of hydrogen-bond acceptors (Lipinski definition) is 5. The van der Waals surface area contributed by atoms with Gasteiger partial charge in [-0.1, -0.05) is 30.3 Å². The number of fused-ring (bicyclic) bond motifs is 1. The highest BCUT2D eigenvalue weighted by Crippen LogP contribution is 2.40. The number of hydrogen-bond donors (Lipinski definition) is 1. The second-order valence-corrected chi connectivity index (χ2v) is 6.90. The molecule has 0 bridgehead atoms. The molecule has 0 amide bonds. The third-order valence-corrected chi connectivity index (χ3v) is 5.22. The number of ether oxygens (including phenoxy) is 4. The van der Waals surface area contributed by atoms with Crippen LogP contribution in [0.25, 0.3) is 22.2 Å². The molecule has 31 heavy (non-hydrogen) atoms. The van der Waals surface area contributed by atoms with Gasteiger partial charge in [-0.2, -0.15) is 0 Å². The Morgan fingerprint density at radius 2 is 1.45 bits per heavy atom. The molecular weight excluding hydrogens is 394 g/mol. The summed E-state index contributed by atoms with van der Waals surface area (Å²) in [6.45, 7) is 0. The van der Waals surface area contributed by atoms with Crippen molar-refractivity contribution in [1.82, 2.24) is 4.98 Å². The molecule has 6 heteroatoms. The number of aromatic nitrogens is 1. The van der Waals surface area contributed by atoms with Crippen LogP contribution in [0.2, 0.25) is 0 Å². The molecule has 0 saturated carbocycles. The molecule has 6 nitrogen and oxygen atoms in total. The maximum absolute atomic E-state index is 13.8. The molecule has 1 heterocycles. The molecule has 4 aromatic rings. The third-order valence-electron chi connectivity index (χ3n) is 5.22. The van der Waals surface area contributed by atoms with E-state index in [9.17, 15) is 4.79 Å². The number of nitrogens with one attached hydrogen (secondary N) is 1. The maximum Gasteiger partial charge on any atom is 0.203 e. The lowest BCUT2D eigenvalue weighted by Gasteiger charge is -2.14. The average Bonchev–Trinajstić information content (AvgIpc) is 3.21. The van der Waals surface area contributed by atoms with Crippen LogP contribution < -0.4 is 18.9 Å². The van der Waals surface area contributed by atoms with Gasteiger partial charge in [0.15, 0.2) is 17.3 Å². The van der Waals surface area contributed by atoms with Gasteiger partial charge in [0.1, 0.15) is 5.75 Å². The van der Waals surface area contributed by atoms with Crippen LogP contribution in [-0.2, 0) is 0 Å². The first kappa shape index (κ1) is 20.3. The van der Waals surface area contributed by atoms with E-state index >= 15 is 0 Å². The minimum absolute atomic E-state index is 0.158. The Kier molecular flexibility index (Phi) is 5.54. The fourth-order valence-corrected chi connectivity index (χ4v) is 3.72. The molecule has 1 aromatic heterocycles. The quantitative estimate of drug-likeness (QED) is 0.424. The molecule has 0 saturated heterocycles. The van der Waals surface area contributed by atoms with E-state index in [-0.39, 0.29) is 5.78 Å². The van der Waals surface area contributed by atoms with Gasteiger partial charge in [0.25, 0.3) is 0 Å². The molecule has 0 fully saturated rings. The maximum atomic E-state index is 13.8. The number of ketones is 1. The van der Waals surface area contributed by atoms with Crippen molar-refractivity contribution in [2.24, 2.45) is 0 Å². The van der Waals surface area contributed by atoms with Crippen molar-refractivity contribution in [3.8, 4) is 34.3 Å². The Morgan fingerprint density at radius 3 is 2.03 bits per heavy atom. The van der Waals surface area contributed by atoms with Gasteiger partial charge in [0.05, 0.1) is 45.2 Å². The Balaban J connectivity index is 1.96. The summed E-state index contributed by atoms with van der Waals surface area (Å²) in [5.41, 5.74) is 3.46. The Hall–Kier alpha value is -3.93. The molecular formula is C25H23NO5. The highest BCUT2D eigenvalue weighted by atomic mass is 16.5. The molecule has 0 atom stereocenters. The Bertz CT molecular complexity index is 1220. The summed E-state index contributed by atoms with van der Waals surface area (Å²) >= 11 is 0. The fraction of sp³-hybridized carbons (Fsp3) is 0.160. The number of H-pyrrole nitrogens is 1. The van der Waals surface area contributed by atoms with Gasteiger partial charge in [-0.3, -0.25) is 4.79 Å². The van der Waals surface area contributed by atoms with Crippen LogP contribution >= 0.6 is 0 Å². The summed E-state index contributed by atoms with van der Waals surface area (Å²) < 4.78 is 21.6.